The Bertz CT molecular complexity index is 717. The van der Waals surface area contributed by atoms with Crippen molar-refractivity contribution in [2.75, 3.05) is 13.3 Å². The number of amides is 2. The van der Waals surface area contributed by atoms with Crippen molar-refractivity contribution in [1.82, 2.24) is 10.6 Å². The number of rotatable bonds is 11. The normalized spacial score (nSPS) is 14.8. The van der Waals surface area contributed by atoms with Crippen molar-refractivity contribution >= 4 is 19.1 Å². The van der Waals surface area contributed by atoms with Crippen molar-refractivity contribution in [1.29, 1.82) is 0 Å². The van der Waals surface area contributed by atoms with E-state index in [1.54, 1.807) is 0 Å². The molecule has 0 aliphatic rings. The Balaban J connectivity index is 2.82. The lowest BCUT2D eigenvalue weighted by Gasteiger charge is -2.30. The molecule has 8 heteroatoms. The molecule has 1 aromatic rings. The molecule has 1 aromatic carbocycles. The summed E-state index contributed by atoms with van der Waals surface area (Å²) in [6.45, 7) is 10.9. The fourth-order valence-electron chi connectivity index (χ4n) is 3.09. The van der Waals surface area contributed by atoms with Crippen LogP contribution in [0.1, 0.15) is 46.1 Å². The summed E-state index contributed by atoms with van der Waals surface area (Å²) in [6.07, 6.45) is 0.204. The molecule has 2 amide bonds. The number of ether oxygens (including phenoxy) is 1. The van der Waals surface area contributed by atoms with Crippen LogP contribution in [0.4, 0.5) is 4.79 Å². The highest BCUT2D eigenvalue weighted by Gasteiger charge is 2.33. The summed E-state index contributed by atoms with van der Waals surface area (Å²) < 4.78 is 17.6. The number of hydrogen-bond donors (Lipinski definition) is 3. The molecule has 0 spiro atoms. The highest BCUT2D eigenvalue weighted by atomic mass is 31.2. The van der Waals surface area contributed by atoms with E-state index in [1.165, 1.54) is 13.3 Å². The molecule has 7 nitrogen and oxygen atoms in total. The third kappa shape index (κ3) is 9.77. The summed E-state index contributed by atoms with van der Waals surface area (Å²) in [7, 11) is -2.83. The van der Waals surface area contributed by atoms with Crippen LogP contribution in [0.25, 0.3) is 0 Å². The Morgan fingerprint density at radius 2 is 1.57 bits per heavy atom. The number of carbonyl (C=O) groups excluding carboxylic acids is 2. The number of aliphatic hydroxyl groups excluding tert-OH is 1. The first-order valence-electron chi connectivity index (χ1n) is 10.4. The number of benzene rings is 1. The Kier molecular flexibility index (Phi) is 10.6. The predicted molar refractivity (Wildman–Crippen MR) is 120 cm³/mol. The van der Waals surface area contributed by atoms with Crippen molar-refractivity contribution in [3.8, 4) is 0 Å². The lowest BCUT2D eigenvalue weighted by molar-refractivity contribution is -0.124. The third-order valence-corrected chi connectivity index (χ3v) is 6.21. The van der Waals surface area contributed by atoms with Crippen LogP contribution < -0.4 is 10.6 Å². The quantitative estimate of drug-likeness (QED) is 0.454. The summed E-state index contributed by atoms with van der Waals surface area (Å²) >= 11 is 0. The lowest BCUT2D eigenvalue weighted by Crippen LogP contribution is -2.53. The second-order valence-electron chi connectivity index (χ2n) is 8.98. The standard InChI is InChI=1S/C22H37N2O5P/c1-15(2)12-18(24-22(27)29-14-17-10-8-7-9-11-17)20(25)23-19(13-16(3)4)21(26)30(5,6)28/h7-11,15-16,18-19,21,26H,12-14H2,1-6H3,(H,23,25)(H,24,27)/t18-,19-,21?/m0/s1. The topological polar surface area (TPSA) is 105 Å². The summed E-state index contributed by atoms with van der Waals surface area (Å²) in [6, 6.07) is 7.80. The van der Waals surface area contributed by atoms with Crippen molar-refractivity contribution in [3.05, 3.63) is 35.9 Å². The van der Waals surface area contributed by atoms with Gasteiger partial charge in [-0.05, 0) is 43.6 Å². The van der Waals surface area contributed by atoms with Gasteiger partial charge in [-0.15, -0.1) is 0 Å². The maximum atomic E-state index is 12.9. The van der Waals surface area contributed by atoms with Gasteiger partial charge >= 0.3 is 6.09 Å². The van der Waals surface area contributed by atoms with E-state index in [1.807, 2.05) is 58.0 Å². The average Bonchev–Trinajstić information content (AvgIpc) is 2.64. The van der Waals surface area contributed by atoms with Crippen LogP contribution in [-0.2, 0) is 20.7 Å². The minimum absolute atomic E-state index is 0.103. The van der Waals surface area contributed by atoms with Gasteiger partial charge in [-0.2, -0.15) is 0 Å². The van der Waals surface area contributed by atoms with Crippen LogP contribution >= 0.6 is 7.14 Å². The van der Waals surface area contributed by atoms with Crippen LogP contribution in [0.5, 0.6) is 0 Å². The molecule has 0 bridgehead atoms. The van der Waals surface area contributed by atoms with Gasteiger partial charge in [0.1, 0.15) is 25.6 Å². The van der Waals surface area contributed by atoms with E-state index in [2.05, 4.69) is 10.6 Å². The first-order valence-corrected chi connectivity index (χ1v) is 13.1. The maximum Gasteiger partial charge on any atom is 0.408 e. The molecule has 0 aliphatic heterocycles. The van der Waals surface area contributed by atoms with Crippen LogP contribution in [0.3, 0.4) is 0 Å². The Hall–Kier alpha value is -1.85. The minimum atomic E-state index is -2.83. The Morgan fingerprint density at radius 3 is 2.07 bits per heavy atom. The summed E-state index contributed by atoms with van der Waals surface area (Å²) in [5, 5.41) is 15.9. The molecule has 1 rings (SSSR count). The SMILES string of the molecule is CC(C)C[C@H](NC(=O)OCc1ccccc1)C(=O)N[C@@H](CC(C)C)C(O)P(C)(C)=O. The second kappa shape index (κ2) is 12.1. The largest absolute Gasteiger partial charge is 0.445 e. The van der Waals surface area contributed by atoms with E-state index in [0.717, 1.165) is 5.56 Å². The third-order valence-electron chi connectivity index (χ3n) is 4.58. The Labute approximate surface area is 180 Å². The molecule has 1 unspecified atom stereocenters. The number of hydrogen-bond acceptors (Lipinski definition) is 5. The van der Waals surface area contributed by atoms with Crippen molar-refractivity contribution < 1.29 is 24.0 Å². The van der Waals surface area contributed by atoms with Crippen molar-refractivity contribution in [3.63, 3.8) is 0 Å². The van der Waals surface area contributed by atoms with Gasteiger partial charge in [0.25, 0.3) is 0 Å². The number of aliphatic hydroxyl groups is 1. The minimum Gasteiger partial charge on any atom is -0.445 e. The van der Waals surface area contributed by atoms with Crippen molar-refractivity contribution in [2.45, 2.75) is 65.1 Å². The lowest BCUT2D eigenvalue weighted by atomic mass is 10.0. The summed E-state index contributed by atoms with van der Waals surface area (Å²) in [5.41, 5.74) is 0.847. The molecule has 170 valence electrons. The highest BCUT2D eigenvalue weighted by Crippen LogP contribution is 2.43. The fraction of sp³-hybridized carbons (Fsp3) is 0.636. The fourth-order valence-corrected chi connectivity index (χ4v) is 4.15. The predicted octanol–water partition coefficient (Wildman–Crippen LogP) is 3.80. The molecule has 3 N–H and O–H groups in total. The van der Waals surface area contributed by atoms with Crippen molar-refractivity contribution in [2.24, 2.45) is 11.8 Å². The summed E-state index contributed by atoms with van der Waals surface area (Å²) in [5.74, 6) is -1.23. The molecular formula is C22H37N2O5P. The molecule has 0 fully saturated rings. The zero-order chi connectivity index (χ0) is 22.9. The molecule has 0 heterocycles. The van der Waals surface area contributed by atoms with E-state index in [-0.39, 0.29) is 18.4 Å². The molecule has 0 saturated carbocycles. The average molecular weight is 441 g/mol. The first kappa shape index (κ1) is 26.2. The van der Waals surface area contributed by atoms with Gasteiger partial charge < -0.3 is 25.0 Å². The number of alkyl carbamates (subject to hydrolysis) is 1. The van der Waals surface area contributed by atoms with Crippen LogP contribution in [-0.4, -0.2) is 48.4 Å². The van der Waals surface area contributed by atoms with Gasteiger partial charge in [-0.25, -0.2) is 4.79 Å². The maximum absolute atomic E-state index is 12.9. The van der Waals surface area contributed by atoms with Gasteiger partial charge in [0, 0.05) is 0 Å². The first-order chi connectivity index (χ1) is 13.9. The summed E-state index contributed by atoms with van der Waals surface area (Å²) in [4.78, 5) is 25.2. The van der Waals surface area contributed by atoms with Crippen LogP contribution in [0.2, 0.25) is 0 Å². The molecule has 0 aliphatic carbocycles. The second-order valence-corrected chi connectivity index (χ2v) is 12.4. The Morgan fingerprint density at radius 1 is 1.00 bits per heavy atom. The van der Waals surface area contributed by atoms with Crippen LogP contribution in [0.15, 0.2) is 30.3 Å². The molecule has 3 atom stereocenters. The van der Waals surface area contributed by atoms with Gasteiger partial charge in [0.15, 0.2) is 0 Å². The molecule has 0 saturated heterocycles. The zero-order valence-electron chi connectivity index (χ0n) is 18.9. The molecule has 30 heavy (non-hydrogen) atoms. The van der Waals surface area contributed by atoms with E-state index in [9.17, 15) is 19.3 Å². The van der Waals surface area contributed by atoms with E-state index in [0.29, 0.717) is 12.8 Å². The van der Waals surface area contributed by atoms with Crippen LogP contribution in [0, 0.1) is 11.8 Å². The number of carbonyl (C=O) groups is 2. The monoisotopic (exact) mass is 440 g/mol. The molecule has 0 aromatic heterocycles. The van der Waals surface area contributed by atoms with E-state index < -0.39 is 37.1 Å². The van der Waals surface area contributed by atoms with E-state index >= 15 is 0 Å². The zero-order valence-corrected chi connectivity index (χ0v) is 19.8. The van der Waals surface area contributed by atoms with Gasteiger partial charge in [-0.1, -0.05) is 58.0 Å². The smallest absolute Gasteiger partial charge is 0.408 e. The molecule has 0 radical (unpaired) electrons. The van der Waals surface area contributed by atoms with Gasteiger partial charge in [0.05, 0.1) is 6.04 Å². The molecular weight excluding hydrogens is 403 g/mol. The highest BCUT2D eigenvalue weighted by molar-refractivity contribution is 7.62. The van der Waals surface area contributed by atoms with Gasteiger partial charge in [-0.3, -0.25) is 4.79 Å². The van der Waals surface area contributed by atoms with E-state index in [4.69, 9.17) is 4.74 Å². The van der Waals surface area contributed by atoms with Gasteiger partial charge in [0.2, 0.25) is 5.91 Å². The number of nitrogens with one attached hydrogen (secondary N) is 2.